The smallest absolute Gasteiger partial charge is 0.245 e. The topological polar surface area (TPSA) is 115 Å². The standard InChI is InChI=1S/C12H20N4O4S/c1-16(9-12(17)15-6-7-20-2)21(18,19)11-4-3-5-14-10(11)8-13/h3-5H,6-9,13H2,1-2H3,(H,15,17). The first kappa shape index (κ1) is 17.5. The molecule has 0 bridgehead atoms. The zero-order chi connectivity index (χ0) is 15.9. The van der Waals surface area contributed by atoms with E-state index in [4.69, 9.17) is 10.5 Å². The van der Waals surface area contributed by atoms with E-state index in [0.29, 0.717) is 13.2 Å². The Morgan fingerprint density at radius 1 is 1.52 bits per heavy atom. The molecule has 8 nitrogen and oxygen atoms in total. The van der Waals surface area contributed by atoms with Gasteiger partial charge in [0.25, 0.3) is 0 Å². The molecule has 0 fully saturated rings. The Hall–Kier alpha value is -1.55. The number of methoxy groups -OCH3 is 1. The van der Waals surface area contributed by atoms with Gasteiger partial charge in [-0.1, -0.05) is 0 Å². The third kappa shape index (κ3) is 4.74. The molecule has 1 amide bonds. The Morgan fingerprint density at radius 3 is 2.86 bits per heavy atom. The zero-order valence-electron chi connectivity index (χ0n) is 12.1. The van der Waals surface area contributed by atoms with Gasteiger partial charge in [-0.3, -0.25) is 9.78 Å². The predicted octanol–water partition coefficient (Wildman–Crippen LogP) is -1.08. The molecule has 0 saturated carbocycles. The van der Waals surface area contributed by atoms with Crippen LogP contribution in [-0.2, 0) is 26.1 Å². The Morgan fingerprint density at radius 2 is 2.24 bits per heavy atom. The maximum Gasteiger partial charge on any atom is 0.245 e. The van der Waals surface area contributed by atoms with Gasteiger partial charge in [-0.05, 0) is 12.1 Å². The number of hydrogen-bond acceptors (Lipinski definition) is 6. The third-order valence-corrected chi connectivity index (χ3v) is 4.60. The number of ether oxygens (including phenoxy) is 1. The number of pyridine rings is 1. The number of nitrogens with two attached hydrogens (primary N) is 1. The van der Waals surface area contributed by atoms with Crippen LogP contribution in [0.1, 0.15) is 5.69 Å². The Kier molecular flexibility index (Phi) is 6.69. The largest absolute Gasteiger partial charge is 0.383 e. The van der Waals surface area contributed by atoms with Gasteiger partial charge in [0, 0.05) is 33.4 Å². The zero-order valence-corrected chi connectivity index (χ0v) is 12.9. The summed E-state index contributed by atoms with van der Waals surface area (Å²) in [6, 6.07) is 2.93. The van der Waals surface area contributed by atoms with Crippen molar-refractivity contribution in [3.8, 4) is 0 Å². The van der Waals surface area contributed by atoms with Crippen LogP contribution in [0.4, 0.5) is 0 Å². The van der Waals surface area contributed by atoms with Crippen molar-refractivity contribution < 1.29 is 17.9 Å². The molecule has 9 heteroatoms. The molecule has 0 aliphatic heterocycles. The molecule has 0 atom stereocenters. The van der Waals surface area contributed by atoms with Crippen LogP contribution in [0.2, 0.25) is 0 Å². The van der Waals surface area contributed by atoms with Crippen LogP contribution in [0.25, 0.3) is 0 Å². The van der Waals surface area contributed by atoms with Crippen LogP contribution in [-0.4, -0.2) is 57.5 Å². The molecule has 1 aromatic rings. The van der Waals surface area contributed by atoms with Gasteiger partial charge in [-0.15, -0.1) is 0 Å². The fourth-order valence-electron chi connectivity index (χ4n) is 1.61. The number of sulfonamides is 1. The lowest BCUT2D eigenvalue weighted by Gasteiger charge is -2.18. The van der Waals surface area contributed by atoms with Crippen LogP contribution in [0.5, 0.6) is 0 Å². The van der Waals surface area contributed by atoms with Gasteiger partial charge in [-0.25, -0.2) is 8.42 Å². The number of hydrogen-bond donors (Lipinski definition) is 2. The van der Waals surface area contributed by atoms with Crippen molar-refractivity contribution in [2.24, 2.45) is 5.73 Å². The van der Waals surface area contributed by atoms with Gasteiger partial charge in [0.1, 0.15) is 4.90 Å². The molecule has 0 aromatic carbocycles. The van der Waals surface area contributed by atoms with E-state index in [-0.39, 0.29) is 23.7 Å². The number of rotatable bonds is 8. The van der Waals surface area contributed by atoms with Crippen LogP contribution in [0.3, 0.4) is 0 Å². The van der Waals surface area contributed by atoms with Gasteiger partial charge in [0.05, 0.1) is 18.8 Å². The molecular formula is C12H20N4O4S. The summed E-state index contributed by atoms with van der Waals surface area (Å²) in [5, 5.41) is 2.56. The molecule has 0 spiro atoms. The molecule has 0 aliphatic rings. The normalized spacial score (nSPS) is 11.6. The van der Waals surface area contributed by atoms with Crippen molar-refractivity contribution in [3.63, 3.8) is 0 Å². The second-order valence-corrected chi connectivity index (χ2v) is 6.27. The second kappa shape index (κ2) is 8.03. The first-order valence-electron chi connectivity index (χ1n) is 6.29. The molecule has 0 radical (unpaired) electrons. The first-order chi connectivity index (χ1) is 9.93. The van der Waals surface area contributed by atoms with E-state index in [2.05, 4.69) is 10.3 Å². The molecule has 3 N–H and O–H groups in total. The van der Waals surface area contributed by atoms with E-state index in [1.54, 1.807) is 0 Å². The van der Waals surface area contributed by atoms with Gasteiger partial charge >= 0.3 is 0 Å². The molecule has 0 unspecified atom stereocenters. The van der Waals surface area contributed by atoms with Gasteiger partial charge < -0.3 is 15.8 Å². The summed E-state index contributed by atoms with van der Waals surface area (Å²) in [5.41, 5.74) is 5.76. The second-order valence-electron chi connectivity index (χ2n) is 4.26. The minimum atomic E-state index is -3.81. The van der Waals surface area contributed by atoms with Crippen LogP contribution in [0.15, 0.2) is 23.2 Å². The number of aromatic nitrogens is 1. The van der Waals surface area contributed by atoms with Crippen LogP contribution < -0.4 is 11.1 Å². The van der Waals surface area contributed by atoms with Crippen LogP contribution >= 0.6 is 0 Å². The van der Waals surface area contributed by atoms with Crippen molar-refractivity contribution in [2.75, 3.05) is 33.9 Å². The monoisotopic (exact) mass is 316 g/mol. The first-order valence-corrected chi connectivity index (χ1v) is 7.73. The van der Waals surface area contributed by atoms with E-state index in [9.17, 15) is 13.2 Å². The minimum absolute atomic E-state index is 0.00325. The Balaban J connectivity index is 2.80. The van der Waals surface area contributed by atoms with Crippen LogP contribution in [0, 0.1) is 0 Å². The Labute approximate surface area is 124 Å². The van der Waals surface area contributed by atoms with E-state index >= 15 is 0 Å². The van der Waals surface area contributed by atoms with E-state index in [1.165, 1.54) is 32.5 Å². The molecule has 0 saturated heterocycles. The fourth-order valence-corrected chi connectivity index (χ4v) is 2.92. The highest BCUT2D eigenvalue weighted by molar-refractivity contribution is 7.89. The lowest BCUT2D eigenvalue weighted by molar-refractivity contribution is -0.121. The summed E-state index contributed by atoms with van der Waals surface area (Å²) in [6.45, 7) is 0.403. The number of likely N-dealkylation sites (N-methyl/N-ethyl adjacent to an activating group) is 1. The molecular weight excluding hydrogens is 296 g/mol. The number of nitrogens with zero attached hydrogens (tertiary/aromatic N) is 2. The molecule has 1 heterocycles. The van der Waals surface area contributed by atoms with Gasteiger partial charge in [-0.2, -0.15) is 4.31 Å². The summed E-state index contributed by atoms with van der Waals surface area (Å²) in [7, 11) is -0.963. The highest BCUT2D eigenvalue weighted by Crippen LogP contribution is 2.16. The van der Waals surface area contributed by atoms with Crippen molar-refractivity contribution >= 4 is 15.9 Å². The van der Waals surface area contributed by atoms with E-state index in [0.717, 1.165) is 4.31 Å². The highest BCUT2D eigenvalue weighted by atomic mass is 32.2. The average molecular weight is 316 g/mol. The summed E-state index contributed by atoms with van der Waals surface area (Å²) in [6.07, 6.45) is 1.47. The summed E-state index contributed by atoms with van der Waals surface area (Å²) in [5.74, 6) is -0.406. The molecule has 21 heavy (non-hydrogen) atoms. The highest BCUT2D eigenvalue weighted by Gasteiger charge is 2.25. The Bertz CT molecular complexity index is 576. The SMILES string of the molecule is COCCNC(=O)CN(C)S(=O)(=O)c1cccnc1CN. The van der Waals surface area contributed by atoms with Crippen molar-refractivity contribution in [3.05, 3.63) is 24.0 Å². The summed E-state index contributed by atoms with van der Waals surface area (Å²) < 4.78 is 30.6. The average Bonchev–Trinajstić information content (AvgIpc) is 2.47. The maximum atomic E-state index is 12.4. The van der Waals surface area contributed by atoms with Gasteiger partial charge in [0.2, 0.25) is 15.9 Å². The fraction of sp³-hybridized carbons (Fsp3) is 0.500. The quantitative estimate of drug-likeness (QED) is 0.590. The maximum absolute atomic E-state index is 12.4. The number of nitrogens with one attached hydrogen (secondary N) is 1. The number of carbonyl (C=O) groups excluding carboxylic acids is 1. The van der Waals surface area contributed by atoms with Crippen molar-refractivity contribution in [1.82, 2.24) is 14.6 Å². The molecule has 118 valence electrons. The summed E-state index contributed by atoms with van der Waals surface area (Å²) >= 11 is 0. The summed E-state index contributed by atoms with van der Waals surface area (Å²) in [4.78, 5) is 15.6. The number of amides is 1. The van der Waals surface area contributed by atoms with E-state index < -0.39 is 15.9 Å². The molecule has 0 aliphatic carbocycles. The number of carbonyl (C=O) groups is 1. The molecule has 1 aromatic heterocycles. The lowest BCUT2D eigenvalue weighted by atomic mass is 10.3. The van der Waals surface area contributed by atoms with Crippen molar-refractivity contribution in [2.45, 2.75) is 11.4 Å². The van der Waals surface area contributed by atoms with Crippen molar-refractivity contribution in [1.29, 1.82) is 0 Å². The minimum Gasteiger partial charge on any atom is -0.383 e. The molecule has 1 rings (SSSR count). The third-order valence-electron chi connectivity index (χ3n) is 2.72. The lowest BCUT2D eigenvalue weighted by Crippen LogP contribution is -2.39. The van der Waals surface area contributed by atoms with Gasteiger partial charge in [0.15, 0.2) is 0 Å². The predicted molar refractivity (Wildman–Crippen MR) is 76.8 cm³/mol. The van der Waals surface area contributed by atoms with E-state index in [1.807, 2.05) is 0 Å².